The number of ketones is 1. The Bertz CT molecular complexity index is 1880. The van der Waals surface area contributed by atoms with Gasteiger partial charge in [-0.1, -0.05) is 50.6 Å². The van der Waals surface area contributed by atoms with E-state index in [-0.39, 0.29) is 55.3 Å². The maximum atomic E-state index is 14.8. The fraction of sp³-hybridized carbons (Fsp3) is 0.625. The van der Waals surface area contributed by atoms with Crippen molar-refractivity contribution < 1.29 is 41.8 Å². The quantitative estimate of drug-likeness (QED) is 0.269. The van der Waals surface area contributed by atoms with Gasteiger partial charge in [-0.05, 0) is 76.7 Å². The van der Waals surface area contributed by atoms with Crippen molar-refractivity contribution >= 4 is 44.4 Å². The Kier molecular flexibility index (Phi) is 11.0. The summed E-state index contributed by atoms with van der Waals surface area (Å²) in [5, 5.41) is 0.906. The summed E-state index contributed by atoms with van der Waals surface area (Å²) in [7, 11) is -2.29. The van der Waals surface area contributed by atoms with Gasteiger partial charge in [-0.3, -0.25) is 23.9 Å². The minimum Gasteiger partial charge on any atom is -0.494 e. The monoisotopic (exact) mass is 751 g/mol. The summed E-state index contributed by atoms with van der Waals surface area (Å²) >= 11 is 0. The smallest absolute Gasteiger partial charge is 0.307 e. The molecule has 3 fully saturated rings. The van der Waals surface area contributed by atoms with Crippen LogP contribution in [0.5, 0.6) is 11.6 Å². The predicted molar refractivity (Wildman–Crippen MR) is 198 cm³/mol. The van der Waals surface area contributed by atoms with E-state index in [2.05, 4.69) is 16.6 Å². The van der Waals surface area contributed by atoms with Crippen LogP contribution in [0.15, 0.2) is 42.6 Å². The number of methoxy groups -OCH3 is 1. The van der Waals surface area contributed by atoms with Crippen LogP contribution in [0.1, 0.15) is 92.4 Å². The fourth-order valence-corrected chi connectivity index (χ4v) is 9.31. The first-order valence-electron chi connectivity index (χ1n) is 18.9. The molecule has 0 bridgehead atoms. The van der Waals surface area contributed by atoms with Crippen molar-refractivity contribution in [1.29, 1.82) is 0 Å². The molecular formula is C40H53N3O9S. The van der Waals surface area contributed by atoms with Crippen molar-refractivity contribution in [1.82, 2.24) is 14.6 Å². The number of fused-ring (bicyclic) bond motifs is 3. The number of sulfonamides is 1. The average molecular weight is 752 g/mol. The Morgan fingerprint density at radius 2 is 1.75 bits per heavy atom. The lowest BCUT2D eigenvalue weighted by Crippen LogP contribution is -2.47. The minimum atomic E-state index is -3.85. The summed E-state index contributed by atoms with van der Waals surface area (Å²) < 4.78 is 45.8. The predicted octanol–water partition coefficient (Wildman–Crippen LogP) is 5.53. The van der Waals surface area contributed by atoms with E-state index in [9.17, 15) is 27.6 Å². The molecule has 3 heterocycles. The molecule has 53 heavy (non-hydrogen) atoms. The SMILES string of the molecule is COc1cnc(O[C@@H]2C[C@H]3C(=O)C[C@]4(C(=O)NS(=O)(=O)C5CC5)C[C@H]4/C=C\[C@@H](C)CCC[C@@H](C)[C@H](CC(=O)OC(C)(C)C)C(=O)N3C2)c2ccccc12. The first-order chi connectivity index (χ1) is 25.0. The topological polar surface area (TPSA) is 158 Å². The van der Waals surface area contributed by atoms with Crippen LogP contribution < -0.4 is 14.2 Å². The number of amides is 2. The van der Waals surface area contributed by atoms with Crippen molar-refractivity contribution in [3.05, 3.63) is 42.6 Å². The molecule has 288 valence electrons. The lowest BCUT2D eigenvalue weighted by atomic mass is 9.84. The molecule has 12 nitrogen and oxygen atoms in total. The molecule has 2 aliphatic heterocycles. The van der Waals surface area contributed by atoms with Crippen LogP contribution in [0.4, 0.5) is 0 Å². The second-order valence-corrected chi connectivity index (χ2v) is 18.6. The Morgan fingerprint density at radius 1 is 1.04 bits per heavy atom. The van der Waals surface area contributed by atoms with Gasteiger partial charge in [0.15, 0.2) is 5.78 Å². The molecule has 1 aromatic heterocycles. The van der Waals surface area contributed by atoms with E-state index in [1.165, 1.54) is 4.90 Å². The first kappa shape index (κ1) is 38.7. The number of ether oxygens (including phenoxy) is 3. The normalized spacial score (nSPS) is 30.3. The number of carbonyl (C=O) groups excluding carboxylic acids is 4. The number of nitrogens with one attached hydrogen (secondary N) is 1. The molecule has 6 rings (SSSR count). The average Bonchev–Trinajstić information content (AvgIpc) is 4.02. The Hall–Kier alpha value is -4.00. The summed E-state index contributed by atoms with van der Waals surface area (Å²) in [6.45, 7) is 9.44. The Labute approximate surface area is 312 Å². The zero-order valence-electron chi connectivity index (χ0n) is 31.6. The largest absolute Gasteiger partial charge is 0.494 e. The fourth-order valence-electron chi connectivity index (χ4n) is 7.93. The summed E-state index contributed by atoms with van der Waals surface area (Å²) in [4.78, 5) is 62.5. The van der Waals surface area contributed by atoms with Crippen LogP contribution in [0.2, 0.25) is 0 Å². The van der Waals surface area contributed by atoms with Gasteiger partial charge >= 0.3 is 5.97 Å². The van der Waals surface area contributed by atoms with Gasteiger partial charge in [0.25, 0.3) is 0 Å². The number of pyridine rings is 1. The van der Waals surface area contributed by atoms with Crippen LogP contribution in [-0.4, -0.2) is 78.5 Å². The molecule has 4 aliphatic rings. The van der Waals surface area contributed by atoms with Crippen LogP contribution in [-0.2, 0) is 33.9 Å². The van der Waals surface area contributed by atoms with E-state index in [4.69, 9.17) is 14.2 Å². The molecule has 1 aromatic carbocycles. The Balaban J connectivity index is 1.35. The number of hydrogen-bond donors (Lipinski definition) is 1. The van der Waals surface area contributed by atoms with E-state index >= 15 is 0 Å². The van der Waals surface area contributed by atoms with E-state index in [0.717, 1.165) is 18.2 Å². The molecular weight excluding hydrogens is 699 g/mol. The third-order valence-corrected chi connectivity index (χ3v) is 13.0. The first-order valence-corrected chi connectivity index (χ1v) is 20.4. The number of rotatable bonds is 8. The highest BCUT2D eigenvalue weighted by Crippen LogP contribution is 2.57. The van der Waals surface area contributed by atoms with Crippen LogP contribution in [0, 0.1) is 29.1 Å². The second kappa shape index (κ2) is 15.0. The summed E-state index contributed by atoms with van der Waals surface area (Å²) in [5.74, 6) is -2.07. The van der Waals surface area contributed by atoms with Gasteiger partial charge < -0.3 is 19.1 Å². The molecule has 2 amide bonds. The summed E-state index contributed by atoms with van der Waals surface area (Å²) in [5.41, 5.74) is -1.99. The van der Waals surface area contributed by atoms with Crippen LogP contribution >= 0.6 is 0 Å². The van der Waals surface area contributed by atoms with Crippen molar-refractivity contribution in [2.45, 2.75) is 115 Å². The van der Waals surface area contributed by atoms with Crippen molar-refractivity contribution in [2.24, 2.45) is 29.1 Å². The molecule has 7 atom stereocenters. The molecule has 2 aliphatic carbocycles. The number of allylic oxidation sites excluding steroid dienone is 2. The van der Waals surface area contributed by atoms with Gasteiger partial charge in [-0.25, -0.2) is 13.4 Å². The number of Topliss-reactive ketones (excluding diaryl/α,β-unsaturated/α-hetero) is 1. The molecule has 0 unspecified atom stereocenters. The lowest BCUT2D eigenvalue weighted by Gasteiger charge is -2.32. The third-order valence-electron chi connectivity index (χ3n) is 11.2. The van der Waals surface area contributed by atoms with Gasteiger partial charge in [0.1, 0.15) is 17.5 Å². The number of benzene rings is 1. The molecule has 2 saturated carbocycles. The highest BCUT2D eigenvalue weighted by Gasteiger charge is 2.61. The number of esters is 1. The van der Waals surface area contributed by atoms with Gasteiger partial charge in [0.2, 0.25) is 27.7 Å². The molecule has 0 spiro atoms. The molecule has 1 saturated heterocycles. The summed E-state index contributed by atoms with van der Waals surface area (Å²) in [6, 6.07) is 6.53. The number of carbonyl (C=O) groups is 4. The lowest BCUT2D eigenvalue weighted by molar-refractivity contribution is -0.159. The number of aromatic nitrogens is 1. The summed E-state index contributed by atoms with van der Waals surface area (Å²) in [6.07, 6.45) is 8.31. The van der Waals surface area contributed by atoms with Crippen LogP contribution in [0.3, 0.4) is 0 Å². The van der Waals surface area contributed by atoms with Crippen molar-refractivity contribution in [3.8, 4) is 11.6 Å². The van der Waals surface area contributed by atoms with E-state index in [0.29, 0.717) is 42.7 Å². The molecule has 1 N–H and O–H groups in total. The standard InChI is InChI=1S/C40H53N3O9S/c1-24-10-9-11-25(2)31(19-35(45)52-39(3,4)5)37(46)43-23-27(51-36-30-13-8-7-12-29(30)34(50-6)22-41-36)18-32(43)33(44)21-40(20-26(40)15-14-24)38(47)42-53(48,49)28-16-17-28/h7-8,12-15,22,24-28,31-32H,9-11,16-21,23H2,1-6H3,(H,42,47)/b15-14-/t24-,25+,26+,27+,31-,32-,40+/m0/s1. The van der Waals surface area contributed by atoms with Gasteiger partial charge in [-0.15, -0.1) is 0 Å². The van der Waals surface area contributed by atoms with Gasteiger partial charge in [-0.2, -0.15) is 0 Å². The maximum Gasteiger partial charge on any atom is 0.307 e. The number of hydrogen-bond acceptors (Lipinski definition) is 10. The van der Waals surface area contributed by atoms with E-state index in [1.807, 2.05) is 43.3 Å². The second-order valence-electron chi connectivity index (χ2n) is 16.6. The zero-order chi connectivity index (χ0) is 38.3. The van der Waals surface area contributed by atoms with E-state index < -0.39 is 56.2 Å². The molecule has 0 radical (unpaired) electrons. The van der Waals surface area contributed by atoms with Crippen LogP contribution in [0.25, 0.3) is 10.8 Å². The number of nitrogens with zero attached hydrogens (tertiary/aromatic N) is 2. The van der Waals surface area contributed by atoms with Gasteiger partial charge in [0, 0.05) is 23.6 Å². The zero-order valence-corrected chi connectivity index (χ0v) is 32.4. The van der Waals surface area contributed by atoms with Crippen molar-refractivity contribution in [3.63, 3.8) is 0 Å². The highest BCUT2D eigenvalue weighted by atomic mass is 32.2. The van der Waals surface area contributed by atoms with Gasteiger partial charge in [0.05, 0.1) is 48.9 Å². The maximum absolute atomic E-state index is 14.8. The Morgan fingerprint density at radius 3 is 2.43 bits per heavy atom. The molecule has 2 aromatic rings. The van der Waals surface area contributed by atoms with E-state index in [1.54, 1.807) is 34.1 Å². The third kappa shape index (κ3) is 8.71. The molecule has 13 heteroatoms. The van der Waals surface area contributed by atoms with Crippen molar-refractivity contribution in [2.75, 3.05) is 13.7 Å². The highest BCUT2D eigenvalue weighted by molar-refractivity contribution is 7.90. The minimum absolute atomic E-state index is 0.0600.